The minimum atomic E-state index is -1.33. The van der Waals surface area contributed by atoms with E-state index in [0.29, 0.717) is 36.5 Å². The summed E-state index contributed by atoms with van der Waals surface area (Å²) in [7, 11) is 0. The smallest absolute Gasteiger partial charge is 0.465 e. The van der Waals surface area contributed by atoms with E-state index >= 15 is 0 Å². The molecule has 2 amide bonds. The van der Waals surface area contributed by atoms with Crippen molar-refractivity contribution in [3.63, 3.8) is 0 Å². The number of rotatable bonds is 11. The number of nitrogens with zero attached hydrogens (tertiary/aromatic N) is 1. The highest BCUT2D eigenvalue weighted by atomic mass is 16.7. The van der Waals surface area contributed by atoms with Crippen LogP contribution in [0.2, 0.25) is 0 Å². The first kappa shape index (κ1) is 31.3. The topological polar surface area (TPSA) is 177 Å². The lowest BCUT2D eigenvalue weighted by atomic mass is 9.79. The maximum Gasteiger partial charge on any atom is 0.514 e. The van der Waals surface area contributed by atoms with Gasteiger partial charge in [-0.15, -0.1) is 0 Å². The van der Waals surface area contributed by atoms with Crippen LogP contribution in [-0.2, 0) is 4.74 Å². The van der Waals surface area contributed by atoms with Crippen LogP contribution < -0.4 is 15.4 Å². The molecular formula is C32H41N3O9. The molecule has 4 N–H and O–H groups in total. The molecule has 4 aliphatic rings. The number of ether oxygens (including phenoxy) is 2. The van der Waals surface area contributed by atoms with Crippen LogP contribution in [0.4, 0.5) is 20.1 Å². The van der Waals surface area contributed by atoms with Crippen molar-refractivity contribution >= 4 is 24.0 Å². The van der Waals surface area contributed by atoms with Gasteiger partial charge in [0.2, 0.25) is 0 Å². The molecule has 0 aliphatic heterocycles. The van der Waals surface area contributed by atoms with Gasteiger partial charge in [-0.2, -0.15) is 0 Å². The lowest BCUT2D eigenvalue weighted by molar-refractivity contribution is -0.384. The van der Waals surface area contributed by atoms with E-state index in [1.165, 1.54) is 24.3 Å². The number of hydrogen-bond donors (Lipinski definition) is 4. The summed E-state index contributed by atoms with van der Waals surface area (Å²) < 4.78 is 11.2. The monoisotopic (exact) mass is 611 g/mol. The molecular weight excluding hydrogens is 570 g/mol. The van der Waals surface area contributed by atoms with Gasteiger partial charge in [0.05, 0.1) is 17.0 Å². The fourth-order valence-corrected chi connectivity index (χ4v) is 7.98. The summed E-state index contributed by atoms with van der Waals surface area (Å²) >= 11 is 0. The summed E-state index contributed by atoms with van der Waals surface area (Å²) in [5.41, 5.74) is -1.44. The molecule has 0 saturated heterocycles. The molecule has 4 aliphatic carbocycles. The number of carbonyl (C=O) groups is 3. The molecule has 0 aromatic heterocycles. The van der Waals surface area contributed by atoms with E-state index in [2.05, 4.69) is 34.9 Å². The molecule has 44 heavy (non-hydrogen) atoms. The Labute approximate surface area is 256 Å². The van der Waals surface area contributed by atoms with Crippen molar-refractivity contribution in [3.8, 4) is 5.75 Å². The normalized spacial score (nSPS) is 30.5. The largest absolute Gasteiger partial charge is 0.514 e. The molecule has 238 valence electrons. The summed E-state index contributed by atoms with van der Waals surface area (Å²) in [6.45, 7) is -0.335. The van der Waals surface area contributed by atoms with Crippen LogP contribution in [0.15, 0.2) is 48.6 Å². The number of fused-ring (bicyclic) bond motifs is 2. The van der Waals surface area contributed by atoms with E-state index in [4.69, 9.17) is 9.47 Å². The first-order valence-electron chi connectivity index (χ1n) is 15.6. The van der Waals surface area contributed by atoms with Gasteiger partial charge < -0.3 is 30.3 Å². The molecule has 0 heterocycles. The third kappa shape index (κ3) is 7.70. The lowest BCUT2D eigenvalue weighted by Crippen LogP contribution is -2.61. The van der Waals surface area contributed by atoms with E-state index in [1.807, 2.05) is 0 Å². The van der Waals surface area contributed by atoms with Gasteiger partial charge >= 0.3 is 18.3 Å². The standard InChI is InChI=1S/C32H41N3O9/c36-29(37)33-19-28(44-31(40)43-21-15-13-20(14-16-21)35(41)42)32(34-30(38)39,17-26-22-9-5-1-2-6-10-23(22)26)18-27-24-11-7-3-4-8-12-25(24)27/h1-4,13-16,22-28,33-34H,5-12,17-19H2,(H,36,37)(H,38,39)/b2-1+,4-3+. The Hall–Kier alpha value is -4.09. The quantitative estimate of drug-likeness (QED) is 0.0713. The second-order valence-electron chi connectivity index (χ2n) is 12.6. The zero-order chi connectivity index (χ0) is 31.3. The van der Waals surface area contributed by atoms with Gasteiger partial charge in [-0.05, 0) is 112 Å². The van der Waals surface area contributed by atoms with Crippen molar-refractivity contribution in [3.05, 3.63) is 58.7 Å². The first-order valence-corrected chi connectivity index (χ1v) is 15.6. The highest BCUT2D eigenvalue weighted by Gasteiger charge is 2.59. The second-order valence-corrected chi connectivity index (χ2v) is 12.6. The SMILES string of the molecule is O=C(O)NCC(OC(=O)Oc1ccc([N+](=O)[O-])cc1)C(CC1C2CC/C=C/CCC21)(CC1C2CC/C=C/CCC21)NC(=O)O. The lowest BCUT2D eigenvalue weighted by Gasteiger charge is -2.41. The third-order valence-corrected chi connectivity index (χ3v) is 10.1. The molecule has 0 spiro atoms. The van der Waals surface area contributed by atoms with Gasteiger partial charge in [0.1, 0.15) is 11.9 Å². The van der Waals surface area contributed by atoms with E-state index in [9.17, 15) is 34.7 Å². The molecule has 0 radical (unpaired) electrons. The first-order chi connectivity index (χ1) is 21.2. The number of hydrogen-bond acceptors (Lipinski definition) is 7. The number of carboxylic acid groups (broad SMARTS) is 2. The fraction of sp³-hybridized carbons (Fsp3) is 0.594. The number of nitro benzene ring substituents is 1. The van der Waals surface area contributed by atoms with Crippen molar-refractivity contribution in [2.75, 3.05) is 6.54 Å². The van der Waals surface area contributed by atoms with Crippen molar-refractivity contribution < 1.29 is 39.0 Å². The van der Waals surface area contributed by atoms with Gasteiger partial charge in [0.25, 0.3) is 5.69 Å². The van der Waals surface area contributed by atoms with Crippen LogP contribution in [0, 0.1) is 45.6 Å². The van der Waals surface area contributed by atoms with E-state index in [1.54, 1.807) is 0 Å². The Morgan fingerprint density at radius 3 is 1.73 bits per heavy atom. The van der Waals surface area contributed by atoms with Gasteiger partial charge in [-0.1, -0.05) is 24.3 Å². The molecule has 0 bridgehead atoms. The van der Waals surface area contributed by atoms with Gasteiger partial charge in [-0.3, -0.25) is 10.1 Å². The molecule has 5 rings (SSSR count). The Kier molecular flexibility index (Phi) is 9.75. The van der Waals surface area contributed by atoms with Gasteiger partial charge in [0.15, 0.2) is 0 Å². The highest BCUT2D eigenvalue weighted by molar-refractivity contribution is 5.68. The Bertz CT molecular complexity index is 1210. The zero-order valence-electron chi connectivity index (χ0n) is 24.6. The van der Waals surface area contributed by atoms with Crippen LogP contribution in [0.5, 0.6) is 5.75 Å². The number of non-ortho nitro benzene ring substituents is 1. The van der Waals surface area contributed by atoms with E-state index < -0.39 is 34.9 Å². The number of benzene rings is 1. The van der Waals surface area contributed by atoms with Crippen molar-refractivity contribution in [2.45, 2.75) is 75.9 Å². The number of allylic oxidation sites excluding steroid dienone is 4. The van der Waals surface area contributed by atoms with E-state index in [-0.39, 0.29) is 29.8 Å². The summed E-state index contributed by atoms with van der Waals surface area (Å²) in [6.07, 6.45) is 12.5. The van der Waals surface area contributed by atoms with Gasteiger partial charge in [0, 0.05) is 12.1 Å². The minimum absolute atomic E-state index is 0.00348. The molecule has 5 atom stereocenters. The number of carbonyl (C=O) groups excluding carboxylic acids is 1. The molecule has 1 aromatic rings. The Morgan fingerprint density at radius 2 is 1.32 bits per heavy atom. The van der Waals surface area contributed by atoms with Crippen LogP contribution in [0.25, 0.3) is 0 Å². The highest BCUT2D eigenvalue weighted by Crippen LogP contribution is 2.61. The van der Waals surface area contributed by atoms with Crippen LogP contribution >= 0.6 is 0 Å². The average Bonchev–Trinajstić information content (AvgIpc) is 3.78. The second kappa shape index (κ2) is 13.7. The Morgan fingerprint density at radius 1 is 0.841 bits per heavy atom. The molecule has 12 nitrogen and oxygen atoms in total. The number of amides is 2. The molecule has 1 aromatic carbocycles. The predicted octanol–water partition coefficient (Wildman–Crippen LogP) is 6.52. The third-order valence-electron chi connectivity index (χ3n) is 10.1. The summed E-state index contributed by atoms with van der Waals surface area (Å²) in [5.74, 6) is 2.11. The summed E-state index contributed by atoms with van der Waals surface area (Å²) in [5, 5.41) is 35.8. The Balaban J connectivity index is 1.43. The zero-order valence-corrected chi connectivity index (χ0v) is 24.6. The molecule has 2 fully saturated rings. The summed E-state index contributed by atoms with van der Waals surface area (Å²) in [4.78, 5) is 47.7. The summed E-state index contributed by atoms with van der Waals surface area (Å²) in [6, 6.07) is 4.89. The maximum atomic E-state index is 13.2. The molecule has 2 saturated carbocycles. The van der Waals surface area contributed by atoms with Crippen LogP contribution in [0.1, 0.15) is 64.2 Å². The van der Waals surface area contributed by atoms with Gasteiger partial charge in [-0.25, -0.2) is 14.4 Å². The van der Waals surface area contributed by atoms with Crippen LogP contribution in [0.3, 0.4) is 0 Å². The maximum absolute atomic E-state index is 13.2. The van der Waals surface area contributed by atoms with E-state index in [0.717, 1.165) is 51.4 Å². The van der Waals surface area contributed by atoms with Crippen molar-refractivity contribution in [1.29, 1.82) is 0 Å². The average molecular weight is 612 g/mol. The fourth-order valence-electron chi connectivity index (χ4n) is 7.98. The van der Waals surface area contributed by atoms with Crippen molar-refractivity contribution in [1.82, 2.24) is 10.6 Å². The molecule has 5 unspecified atom stereocenters. The predicted molar refractivity (Wildman–Crippen MR) is 159 cm³/mol. The minimum Gasteiger partial charge on any atom is -0.465 e. The van der Waals surface area contributed by atoms with Crippen LogP contribution in [-0.4, -0.2) is 51.7 Å². The number of nitro groups is 1. The number of nitrogens with one attached hydrogen (secondary N) is 2. The van der Waals surface area contributed by atoms with Crippen molar-refractivity contribution in [2.24, 2.45) is 35.5 Å². The molecule has 12 heteroatoms.